The first-order valence-electron chi connectivity index (χ1n) is 4.82. The molecule has 0 radical (unpaired) electrons. The van der Waals surface area contributed by atoms with Crippen molar-refractivity contribution in [2.24, 2.45) is 0 Å². The molecular formula is C9H20N2O. The van der Waals surface area contributed by atoms with Crippen molar-refractivity contribution in [1.82, 2.24) is 10.6 Å². The molecule has 0 saturated carbocycles. The van der Waals surface area contributed by atoms with Crippen LogP contribution in [0.2, 0.25) is 0 Å². The van der Waals surface area contributed by atoms with Gasteiger partial charge in [-0.05, 0) is 33.4 Å². The summed E-state index contributed by atoms with van der Waals surface area (Å²) in [6, 6.07) is 0. The SMILES string of the molecule is CCOC1(CNC)CCCNC1. The zero-order valence-electron chi connectivity index (χ0n) is 8.15. The van der Waals surface area contributed by atoms with Gasteiger partial charge in [-0.25, -0.2) is 0 Å². The molecule has 1 unspecified atom stereocenters. The van der Waals surface area contributed by atoms with Crippen molar-refractivity contribution in [3.05, 3.63) is 0 Å². The quantitative estimate of drug-likeness (QED) is 0.642. The van der Waals surface area contributed by atoms with E-state index in [0.29, 0.717) is 0 Å². The normalized spacial score (nSPS) is 30.5. The Morgan fingerprint density at radius 1 is 1.58 bits per heavy atom. The molecule has 0 bridgehead atoms. The third-order valence-electron chi connectivity index (χ3n) is 2.38. The van der Waals surface area contributed by atoms with E-state index in [2.05, 4.69) is 17.6 Å². The van der Waals surface area contributed by atoms with E-state index >= 15 is 0 Å². The maximum Gasteiger partial charge on any atom is 0.0929 e. The monoisotopic (exact) mass is 172 g/mol. The Bertz CT molecular complexity index is 106. The van der Waals surface area contributed by atoms with Crippen LogP contribution in [0.5, 0.6) is 0 Å². The summed E-state index contributed by atoms with van der Waals surface area (Å²) in [5.74, 6) is 0. The molecule has 0 aromatic carbocycles. The van der Waals surface area contributed by atoms with Gasteiger partial charge >= 0.3 is 0 Å². The fourth-order valence-electron chi connectivity index (χ4n) is 1.89. The lowest BCUT2D eigenvalue weighted by Crippen LogP contribution is -2.53. The molecule has 1 atom stereocenters. The zero-order valence-corrected chi connectivity index (χ0v) is 8.15. The van der Waals surface area contributed by atoms with Crippen LogP contribution in [0.25, 0.3) is 0 Å². The van der Waals surface area contributed by atoms with E-state index in [0.717, 1.165) is 26.2 Å². The fraction of sp³-hybridized carbons (Fsp3) is 1.00. The summed E-state index contributed by atoms with van der Waals surface area (Å²) in [5, 5.41) is 6.58. The van der Waals surface area contributed by atoms with E-state index in [-0.39, 0.29) is 5.60 Å². The smallest absolute Gasteiger partial charge is 0.0929 e. The highest BCUT2D eigenvalue weighted by Crippen LogP contribution is 2.19. The van der Waals surface area contributed by atoms with Crippen LogP contribution in [-0.4, -0.2) is 38.9 Å². The predicted octanol–water partition coefficient (Wildman–Crippen LogP) is 0.364. The molecule has 1 heterocycles. The summed E-state index contributed by atoms with van der Waals surface area (Å²) < 4.78 is 5.79. The minimum absolute atomic E-state index is 0.0573. The van der Waals surface area contributed by atoms with Gasteiger partial charge < -0.3 is 15.4 Å². The standard InChI is InChI=1S/C9H20N2O/c1-3-12-9(7-10-2)5-4-6-11-8-9/h10-11H,3-8H2,1-2H3. The van der Waals surface area contributed by atoms with Crippen molar-refractivity contribution in [2.75, 3.05) is 33.3 Å². The second kappa shape index (κ2) is 4.80. The molecule has 1 rings (SSSR count). The molecule has 2 N–H and O–H groups in total. The highest BCUT2D eigenvalue weighted by atomic mass is 16.5. The topological polar surface area (TPSA) is 33.3 Å². The lowest BCUT2D eigenvalue weighted by Gasteiger charge is -2.37. The first kappa shape index (κ1) is 9.96. The molecule has 1 fully saturated rings. The third kappa shape index (κ3) is 2.44. The largest absolute Gasteiger partial charge is 0.373 e. The van der Waals surface area contributed by atoms with Crippen molar-refractivity contribution < 1.29 is 4.74 Å². The van der Waals surface area contributed by atoms with E-state index in [4.69, 9.17) is 4.74 Å². The molecule has 72 valence electrons. The van der Waals surface area contributed by atoms with Crippen LogP contribution in [0.4, 0.5) is 0 Å². The van der Waals surface area contributed by atoms with Crippen LogP contribution in [-0.2, 0) is 4.74 Å². The second-order valence-corrected chi connectivity index (χ2v) is 3.43. The average Bonchev–Trinajstić information content (AvgIpc) is 2.07. The summed E-state index contributed by atoms with van der Waals surface area (Å²) >= 11 is 0. The van der Waals surface area contributed by atoms with Crippen molar-refractivity contribution in [3.63, 3.8) is 0 Å². The van der Waals surface area contributed by atoms with Crippen LogP contribution in [0.15, 0.2) is 0 Å². The van der Waals surface area contributed by atoms with E-state index < -0.39 is 0 Å². The van der Waals surface area contributed by atoms with Gasteiger partial charge in [0.2, 0.25) is 0 Å². The van der Waals surface area contributed by atoms with E-state index in [1.165, 1.54) is 12.8 Å². The third-order valence-corrected chi connectivity index (χ3v) is 2.38. The first-order valence-corrected chi connectivity index (χ1v) is 4.82. The number of likely N-dealkylation sites (N-methyl/N-ethyl adjacent to an activating group) is 1. The highest BCUT2D eigenvalue weighted by molar-refractivity contribution is 4.88. The fourth-order valence-corrected chi connectivity index (χ4v) is 1.89. The molecule has 1 aliphatic rings. The number of hydrogen-bond donors (Lipinski definition) is 2. The molecule has 0 aromatic heterocycles. The van der Waals surface area contributed by atoms with Gasteiger partial charge in [-0.3, -0.25) is 0 Å². The maximum atomic E-state index is 5.79. The highest BCUT2D eigenvalue weighted by Gasteiger charge is 2.31. The average molecular weight is 172 g/mol. The van der Waals surface area contributed by atoms with E-state index in [1.54, 1.807) is 0 Å². The minimum atomic E-state index is 0.0573. The van der Waals surface area contributed by atoms with Crippen molar-refractivity contribution >= 4 is 0 Å². The number of rotatable bonds is 4. The van der Waals surface area contributed by atoms with Gasteiger partial charge in [-0.15, -0.1) is 0 Å². The van der Waals surface area contributed by atoms with Gasteiger partial charge in [-0.1, -0.05) is 0 Å². The van der Waals surface area contributed by atoms with Gasteiger partial charge in [0.25, 0.3) is 0 Å². The Morgan fingerprint density at radius 3 is 2.92 bits per heavy atom. The molecule has 3 nitrogen and oxygen atoms in total. The minimum Gasteiger partial charge on any atom is -0.373 e. The van der Waals surface area contributed by atoms with Crippen molar-refractivity contribution in [2.45, 2.75) is 25.4 Å². The predicted molar refractivity (Wildman–Crippen MR) is 50.4 cm³/mol. The van der Waals surface area contributed by atoms with Gasteiger partial charge in [0.1, 0.15) is 0 Å². The number of nitrogens with one attached hydrogen (secondary N) is 2. The van der Waals surface area contributed by atoms with Gasteiger partial charge in [0, 0.05) is 19.7 Å². The van der Waals surface area contributed by atoms with Crippen molar-refractivity contribution in [3.8, 4) is 0 Å². The number of piperidine rings is 1. The lowest BCUT2D eigenvalue weighted by molar-refractivity contribution is -0.0519. The van der Waals surface area contributed by atoms with Crippen LogP contribution in [0.3, 0.4) is 0 Å². The first-order chi connectivity index (χ1) is 5.83. The van der Waals surface area contributed by atoms with E-state index in [9.17, 15) is 0 Å². The second-order valence-electron chi connectivity index (χ2n) is 3.43. The summed E-state index contributed by atoms with van der Waals surface area (Å²) in [6.07, 6.45) is 2.40. The Morgan fingerprint density at radius 2 is 2.42 bits per heavy atom. The molecule has 0 aliphatic carbocycles. The van der Waals surface area contributed by atoms with Crippen LogP contribution >= 0.6 is 0 Å². The van der Waals surface area contributed by atoms with Crippen molar-refractivity contribution in [1.29, 1.82) is 0 Å². The zero-order chi connectivity index (χ0) is 8.86. The molecule has 3 heteroatoms. The molecule has 0 aromatic rings. The van der Waals surface area contributed by atoms with Crippen LogP contribution in [0, 0.1) is 0 Å². The summed E-state index contributed by atoms with van der Waals surface area (Å²) in [4.78, 5) is 0. The van der Waals surface area contributed by atoms with E-state index in [1.807, 2.05) is 7.05 Å². The Balaban J connectivity index is 2.44. The molecule has 1 saturated heterocycles. The molecular weight excluding hydrogens is 152 g/mol. The summed E-state index contributed by atoms with van der Waals surface area (Å²) in [6.45, 7) is 5.95. The van der Waals surface area contributed by atoms with Gasteiger partial charge in [-0.2, -0.15) is 0 Å². The molecule has 1 aliphatic heterocycles. The van der Waals surface area contributed by atoms with Gasteiger partial charge in [0.15, 0.2) is 0 Å². The Kier molecular flexibility index (Phi) is 3.98. The Hall–Kier alpha value is -0.120. The molecule has 0 spiro atoms. The van der Waals surface area contributed by atoms with Gasteiger partial charge in [0.05, 0.1) is 5.60 Å². The number of ether oxygens (including phenoxy) is 1. The van der Waals surface area contributed by atoms with Crippen LogP contribution < -0.4 is 10.6 Å². The lowest BCUT2D eigenvalue weighted by atomic mass is 9.94. The maximum absolute atomic E-state index is 5.79. The Labute approximate surface area is 74.9 Å². The summed E-state index contributed by atoms with van der Waals surface area (Å²) in [7, 11) is 1.98. The molecule has 0 amide bonds. The van der Waals surface area contributed by atoms with Crippen LogP contribution in [0.1, 0.15) is 19.8 Å². The number of hydrogen-bond acceptors (Lipinski definition) is 3. The summed E-state index contributed by atoms with van der Waals surface area (Å²) in [5.41, 5.74) is 0.0573. The molecule has 12 heavy (non-hydrogen) atoms.